The molecule has 0 spiro atoms. The second-order valence-electron chi connectivity index (χ2n) is 8.96. The van der Waals surface area contributed by atoms with Crippen LogP contribution in [0.5, 0.6) is 5.88 Å². The van der Waals surface area contributed by atoms with E-state index in [0.717, 1.165) is 61.0 Å². The van der Waals surface area contributed by atoms with E-state index in [1.54, 1.807) is 30.3 Å². The largest absolute Gasteiger partial charge is 0.481 e. The van der Waals surface area contributed by atoms with Crippen LogP contribution in [0.1, 0.15) is 32.9 Å². The first-order valence-electron chi connectivity index (χ1n) is 11.6. The van der Waals surface area contributed by atoms with Crippen LogP contribution in [-0.2, 0) is 22.9 Å². The van der Waals surface area contributed by atoms with Gasteiger partial charge in [0.05, 0.1) is 18.8 Å². The van der Waals surface area contributed by atoms with Gasteiger partial charge in [0.15, 0.2) is 5.03 Å². The predicted molar refractivity (Wildman–Crippen MR) is 135 cm³/mol. The number of sulfonamides is 1. The van der Waals surface area contributed by atoms with Crippen LogP contribution in [0, 0.1) is 0 Å². The molecule has 1 aromatic carbocycles. The molecular weight excluding hydrogens is 468 g/mol. The Balaban J connectivity index is 0.00000190. The Morgan fingerprint density at radius 1 is 1.23 bits per heavy atom. The summed E-state index contributed by atoms with van der Waals surface area (Å²) < 4.78 is 34.9. The SMILES string of the molecule is COc1cc(-c2ccc3c(c2NC(=O)NS(=O)(=O)c2ccn(C4CCN(C)C4)n2)CCC3)ccn1.[HH].[HH]. The molecule has 11 heteroatoms. The fourth-order valence-corrected chi connectivity index (χ4v) is 5.69. The van der Waals surface area contributed by atoms with Crippen LogP contribution < -0.4 is 14.8 Å². The molecule has 35 heavy (non-hydrogen) atoms. The number of anilines is 1. The van der Waals surface area contributed by atoms with Crippen molar-refractivity contribution >= 4 is 21.7 Å². The number of hydrogen-bond acceptors (Lipinski definition) is 7. The first kappa shape index (κ1) is 23.3. The molecule has 188 valence electrons. The zero-order valence-electron chi connectivity index (χ0n) is 19.7. The monoisotopic (exact) mass is 500 g/mol. The molecule has 0 bridgehead atoms. The second kappa shape index (κ2) is 9.31. The Bertz CT molecular complexity index is 1380. The minimum Gasteiger partial charge on any atom is -0.481 e. The van der Waals surface area contributed by atoms with Crippen LogP contribution in [0.3, 0.4) is 0 Å². The number of ether oxygens (including phenoxy) is 1. The second-order valence-corrected chi connectivity index (χ2v) is 10.6. The normalized spacial score (nSPS) is 17.8. The molecule has 5 rings (SSSR count). The maximum atomic E-state index is 12.9. The number of likely N-dealkylation sites (N-methyl/N-ethyl adjacent to an activating group) is 1. The van der Waals surface area contributed by atoms with Crippen LogP contribution in [0.2, 0.25) is 0 Å². The summed E-state index contributed by atoms with van der Waals surface area (Å²) in [6.45, 7) is 1.73. The number of fused-ring (bicyclic) bond motifs is 1. The van der Waals surface area contributed by atoms with Gasteiger partial charge < -0.3 is 15.0 Å². The van der Waals surface area contributed by atoms with Gasteiger partial charge >= 0.3 is 6.03 Å². The van der Waals surface area contributed by atoms with E-state index in [1.165, 1.54) is 6.07 Å². The van der Waals surface area contributed by atoms with Gasteiger partial charge in [-0.2, -0.15) is 13.5 Å². The van der Waals surface area contributed by atoms with Crippen LogP contribution in [0.25, 0.3) is 11.1 Å². The molecule has 2 aliphatic rings. The Kier molecular flexibility index (Phi) is 6.20. The molecule has 1 unspecified atom stereocenters. The van der Waals surface area contributed by atoms with E-state index in [-0.39, 0.29) is 13.9 Å². The number of carbonyl (C=O) groups excluding carboxylic acids is 1. The van der Waals surface area contributed by atoms with Crippen molar-refractivity contribution in [1.29, 1.82) is 0 Å². The summed E-state index contributed by atoms with van der Waals surface area (Å²) >= 11 is 0. The maximum absolute atomic E-state index is 12.9. The van der Waals surface area contributed by atoms with Gasteiger partial charge in [0.25, 0.3) is 10.0 Å². The van der Waals surface area contributed by atoms with Gasteiger partial charge in [0.1, 0.15) is 0 Å². The lowest BCUT2D eigenvalue weighted by atomic mass is 9.98. The molecule has 1 aliphatic carbocycles. The molecule has 0 radical (unpaired) electrons. The van der Waals surface area contributed by atoms with Gasteiger partial charge in [-0.15, -0.1) is 0 Å². The van der Waals surface area contributed by atoms with Crippen molar-refractivity contribution in [3.8, 4) is 17.0 Å². The number of urea groups is 1. The van der Waals surface area contributed by atoms with E-state index >= 15 is 0 Å². The van der Waals surface area contributed by atoms with Crippen molar-refractivity contribution in [1.82, 2.24) is 24.4 Å². The molecular formula is C24H32N6O4S. The highest BCUT2D eigenvalue weighted by molar-refractivity contribution is 7.90. The quantitative estimate of drug-likeness (QED) is 0.533. The molecule has 1 atom stereocenters. The first-order chi connectivity index (χ1) is 16.8. The minimum atomic E-state index is -4.14. The summed E-state index contributed by atoms with van der Waals surface area (Å²) in [7, 11) is -0.584. The van der Waals surface area contributed by atoms with Crippen molar-refractivity contribution in [2.45, 2.75) is 36.8 Å². The third-order valence-corrected chi connectivity index (χ3v) is 7.83. The highest BCUT2D eigenvalue weighted by Gasteiger charge is 2.27. The van der Waals surface area contributed by atoms with Crippen molar-refractivity contribution < 1.29 is 20.8 Å². The number of nitrogens with zero attached hydrogens (tertiary/aromatic N) is 4. The highest BCUT2D eigenvalue weighted by Crippen LogP contribution is 2.38. The van der Waals surface area contributed by atoms with Crippen LogP contribution in [-0.4, -0.2) is 61.4 Å². The van der Waals surface area contributed by atoms with E-state index in [4.69, 9.17) is 4.74 Å². The van der Waals surface area contributed by atoms with Crippen molar-refractivity contribution in [2.75, 3.05) is 32.6 Å². The number of rotatable bonds is 6. The smallest absolute Gasteiger partial charge is 0.333 e. The molecule has 1 fully saturated rings. The molecule has 1 aliphatic heterocycles. The van der Waals surface area contributed by atoms with Crippen molar-refractivity contribution in [2.24, 2.45) is 0 Å². The molecule has 10 nitrogen and oxygen atoms in total. The summed E-state index contributed by atoms with van der Waals surface area (Å²) in [6.07, 6.45) is 6.86. The number of aromatic nitrogens is 3. The molecule has 2 aromatic heterocycles. The summed E-state index contributed by atoms with van der Waals surface area (Å²) in [5.41, 5.74) is 4.34. The third-order valence-electron chi connectivity index (χ3n) is 6.60. The van der Waals surface area contributed by atoms with Gasteiger partial charge in [-0.25, -0.2) is 14.5 Å². The number of nitrogens with one attached hydrogen (secondary N) is 2. The fraction of sp³-hybridized carbons (Fsp3) is 0.375. The van der Waals surface area contributed by atoms with Gasteiger partial charge in [0.2, 0.25) is 5.88 Å². The number of hydrogen-bond donors (Lipinski definition) is 2. The lowest BCUT2D eigenvalue weighted by Crippen LogP contribution is -2.35. The van der Waals surface area contributed by atoms with E-state index in [9.17, 15) is 13.2 Å². The number of likely N-dealkylation sites (tertiary alicyclic amines) is 1. The van der Waals surface area contributed by atoms with Crippen LogP contribution in [0.15, 0.2) is 47.8 Å². The molecule has 2 N–H and O–H groups in total. The zero-order valence-corrected chi connectivity index (χ0v) is 20.5. The van der Waals surface area contributed by atoms with Crippen molar-refractivity contribution in [3.63, 3.8) is 0 Å². The number of aryl methyl sites for hydroxylation is 1. The molecule has 3 aromatic rings. The van der Waals surface area contributed by atoms with Crippen molar-refractivity contribution in [3.05, 3.63) is 53.9 Å². The van der Waals surface area contributed by atoms with Gasteiger partial charge in [-0.05, 0) is 68.1 Å². The fourth-order valence-electron chi connectivity index (χ4n) is 4.85. The van der Waals surface area contributed by atoms with E-state index in [1.807, 2.05) is 19.2 Å². The highest BCUT2D eigenvalue weighted by atomic mass is 32.2. The average Bonchev–Trinajstić information content (AvgIpc) is 3.59. The Labute approximate surface area is 207 Å². The minimum absolute atomic E-state index is 0. The standard InChI is InChI=1S/C24H28N6O4S.2H2/c1-29-12-9-18(15-29)30-13-10-22(27-30)35(32,33)28-24(31)26-23-19-5-3-4-16(19)6-7-20(23)17-8-11-25-21(14-17)34-2;;/h6-8,10-11,13-14,18H,3-5,9,12,15H2,1-2H3,(H2,26,28,31);2*1H. The lowest BCUT2D eigenvalue weighted by Gasteiger charge is -2.17. The number of methoxy groups -OCH3 is 1. The Morgan fingerprint density at radius 2 is 2.09 bits per heavy atom. The topological polar surface area (TPSA) is 118 Å². The Hall–Kier alpha value is -3.44. The zero-order chi connectivity index (χ0) is 24.6. The first-order valence-corrected chi connectivity index (χ1v) is 13.0. The third kappa shape index (κ3) is 4.73. The van der Waals surface area contributed by atoms with Crippen LogP contribution >= 0.6 is 0 Å². The summed E-state index contributed by atoms with van der Waals surface area (Å²) in [5.74, 6) is 0.449. The lowest BCUT2D eigenvalue weighted by molar-refractivity contribution is 0.256. The number of amides is 2. The van der Waals surface area contributed by atoms with E-state index in [0.29, 0.717) is 11.6 Å². The summed E-state index contributed by atoms with van der Waals surface area (Å²) in [4.78, 5) is 19.3. The maximum Gasteiger partial charge on any atom is 0.333 e. The average molecular weight is 501 g/mol. The Morgan fingerprint density at radius 3 is 2.86 bits per heavy atom. The van der Waals surface area contributed by atoms with Gasteiger partial charge in [-0.1, -0.05) is 12.1 Å². The van der Waals surface area contributed by atoms with Gasteiger partial charge in [0, 0.05) is 33.4 Å². The predicted octanol–water partition coefficient (Wildman–Crippen LogP) is 3.32. The molecule has 0 saturated carbocycles. The number of pyridine rings is 1. The molecule has 3 heterocycles. The van der Waals surface area contributed by atoms with E-state index in [2.05, 4.69) is 31.1 Å². The van der Waals surface area contributed by atoms with E-state index < -0.39 is 16.1 Å². The molecule has 2 amide bonds. The summed E-state index contributed by atoms with van der Waals surface area (Å²) in [6, 6.07) is 8.30. The summed E-state index contributed by atoms with van der Waals surface area (Å²) in [5, 5.41) is 6.87. The molecule has 1 saturated heterocycles. The van der Waals surface area contributed by atoms with Gasteiger partial charge in [-0.3, -0.25) is 4.68 Å². The number of benzene rings is 1. The number of carbonyl (C=O) groups is 1. The van der Waals surface area contributed by atoms with Crippen LogP contribution in [0.4, 0.5) is 10.5 Å².